The minimum Gasteiger partial charge on any atom is -0.504 e. The number of phenolic OH excluding ortho intramolecular Hbond substituents is 1. The molecule has 1 aromatic heterocycles. The first-order valence-electron chi connectivity index (χ1n) is 13.6. The second-order valence-corrected chi connectivity index (χ2v) is 10.2. The number of nitrogens with zero attached hydrogens (tertiary/aromatic N) is 2. The molecule has 0 saturated carbocycles. The third kappa shape index (κ3) is 6.09. The van der Waals surface area contributed by atoms with Gasteiger partial charge in [0.15, 0.2) is 29.4 Å². The molecule has 2 amide bonds. The van der Waals surface area contributed by atoms with Crippen LogP contribution in [0, 0.1) is 13.8 Å². The Morgan fingerprint density at radius 1 is 1.05 bits per heavy atom. The molecule has 214 valence electrons. The van der Waals surface area contributed by atoms with Gasteiger partial charge in [-0.2, -0.15) is 0 Å². The number of phenols is 1. The monoisotopic (exact) mass is 557 g/mol. The minimum absolute atomic E-state index is 0.0922. The van der Waals surface area contributed by atoms with E-state index in [2.05, 4.69) is 42.3 Å². The SMILES string of the molecule is COc1ccc(CCOc2cc3c(cc2OC)CCN(C(=O)NCc2cocn2)C3c2ccc(C)cc2C)cc1O. The summed E-state index contributed by atoms with van der Waals surface area (Å²) < 4.78 is 22.1. The number of amides is 2. The van der Waals surface area contributed by atoms with Crippen LogP contribution in [0.2, 0.25) is 0 Å². The summed E-state index contributed by atoms with van der Waals surface area (Å²) in [6.07, 6.45) is 4.13. The van der Waals surface area contributed by atoms with Crippen LogP contribution in [-0.2, 0) is 19.4 Å². The van der Waals surface area contributed by atoms with Crippen LogP contribution in [0.3, 0.4) is 0 Å². The summed E-state index contributed by atoms with van der Waals surface area (Å²) in [4.78, 5) is 19.5. The average molecular weight is 558 g/mol. The van der Waals surface area contributed by atoms with Crippen molar-refractivity contribution in [1.29, 1.82) is 0 Å². The summed E-state index contributed by atoms with van der Waals surface area (Å²) in [5.41, 5.74) is 7.01. The molecule has 1 atom stereocenters. The molecule has 1 unspecified atom stereocenters. The van der Waals surface area contributed by atoms with Gasteiger partial charge in [-0.3, -0.25) is 0 Å². The molecular formula is C32H35N3O6. The zero-order chi connectivity index (χ0) is 28.9. The second kappa shape index (κ2) is 12.2. The van der Waals surface area contributed by atoms with Gasteiger partial charge in [0, 0.05) is 13.0 Å². The van der Waals surface area contributed by atoms with Gasteiger partial charge in [0.2, 0.25) is 0 Å². The predicted molar refractivity (Wildman–Crippen MR) is 154 cm³/mol. The number of hydrogen-bond donors (Lipinski definition) is 2. The van der Waals surface area contributed by atoms with E-state index in [1.54, 1.807) is 19.2 Å². The van der Waals surface area contributed by atoms with Crippen molar-refractivity contribution in [2.75, 3.05) is 27.4 Å². The molecule has 5 rings (SSSR count). The number of aromatic hydroxyl groups is 1. The highest BCUT2D eigenvalue weighted by Gasteiger charge is 2.34. The molecular weight excluding hydrogens is 522 g/mol. The predicted octanol–water partition coefficient (Wildman–Crippen LogP) is 5.49. The number of hydrogen-bond acceptors (Lipinski definition) is 7. The van der Waals surface area contributed by atoms with Crippen LogP contribution >= 0.6 is 0 Å². The Morgan fingerprint density at radius 3 is 2.59 bits per heavy atom. The topological polar surface area (TPSA) is 106 Å². The van der Waals surface area contributed by atoms with Gasteiger partial charge in [-0.15, -0.1) is 0 Å². The molecule has 0 fully saturated rings. The fraction of sp³-hybridized carbons (Fsp3) is 0.312. The van der Waals surface area contributed by atoms with Gasteiger partial charge in [0.25, 0.3) is 0 Å². The lowest BCUT2D eigenvalue weighted by Crippen LogP contribution is -2.46. The van der Waals surface area contributed by atoms with Crippen LogP contribution in [-0.4, -0.2) is 48.4 Å². The van der Waals surface area contributed by atoms with E-state index < -0.39 is 0 Å². The standard InChI is InChI=1S/C32H35N3O6/c1-20-5-7-25(21(2)13-20)31-26-16-30(41-12-10-22-6-8-28(38-3)27(36)14-22)29(39-4)15-23(26)9-11-35(31)32(37)33-17-24-18-40-19-34-24/h5-8,13-16,18-19,31,36H,9-12,17H2,1-4H3,(H,33,37). The lowest BCUT2D eigenvalue weighted by atomic mass is 9.85. The van der Waals surface area contributed by atoms with Crippen molar-refractivity contribution in [3.05, 3.63) is 100 Å². The van der Waals surface area contributed by atoms with E-state index >= 15 is 0 Å². The normalized spacial score (nSPS) is 14.3. The summed E-state index contributed by atoms with van der Waals surface area (Å²) >= 11 is 0. The molecule has 0 bridgehead atoms. The van der Waals surface area contributed by atoms with Crippen molar-refractivity contribution in [2.24, 2.45) is 0 Å². The number of aryl methyl sites for hydroxylation is 2. The fourth-order valence-electron chi connectivity index (χ4n) is 5.35. The number of aromatic nitrogens is 1. The third-order valence-electron chi connectivity index (χ3n) is 7.43. The molecule has 2 N–H and O–H groups in total. The Balaban J connectivity index is 1.44. The lowest BCUT2D eigenvalue weighted by molar-refractivity contribution is 0.179. The average Bonchev–Trinajstić information content (AvgIpc) is 3.49. The first kappa shape index (κ1) is 27.9. The molecule has 9 heteroatoms. The maximum atomic E-state index is 13.5. The Kier molecular flexibility index (Phi) is 8.33. The molecule has 1 aliphatic heterocycles. The van der Waals surface area contributed by atoms with Gasteiger partial charge in [-0.25, -0.2) is 9.78 Å². The lowest BCUT2D eigenvalue weighted by Gasteiger charge is -2.38. The number of ether oxygens (including phenoxy) is 3. The number of carbonyl (C=O) groups excluding carboxylic acids is 1. The summed E-state index contributed by atoms with van der Waals surface area (Å²) in [5.74, 6) is 1.76. The van der Waals surface area contributed by atoms with Crippen LogP contribution in [0.25, 0.3) is 0 Å². The molecule has 0 radical (unpaired) electrons. The molecule has 41 heavy (non-hydrogen) atoms. The van der Waals surface area contributed by atoms with Crippen LogP contribution < -0.4 is 19.5 Å². The highest BCUT2D eigenvalue weighted by atomic mass is 16.5. The summed E-state index contributed by atoms with van der Waals surface area (Å²) in [7, 11) is 3.15. The fourth-order valence-corrected chi connectivity index (χ4v) is 5.35. The highest BCUT2D eigenvalue weighted by Crippen LogP contribution is 2.42. The Morgan fingerprint density at radius 2 is 1.88 bits per heavy atom. The maximum absolute atomic E-state index is 13.5. The first-order chi connectivity index (χ1) is 19.9. The number of nitrogens with one attached hydrogen (secondary N) is 1. The largest absolute Gasteiger partial charge is 0.504 e. The summed E-state index contributed by atoms with van der Waals surface area (Å²) in [5, 5.41) is 13.1. The van der Waals surface area contributed by atoms with E-state index in [1.807, 2.05) is 23.1 Å². The molecule has 2 heterocycles. The summed E-state index contributed by atoms with van der Waals surface area (Å²) in [6, 6.07) is 15.2. The smallest absolute Gasteiger partial charge is 0.318 e. The van der Waals surface area contributed by atoms with Crippen molar-refractivity contribution in [3.8, 4) is 23.0 Å². The number of methoxy groups -OCH3 is 2. The molecule has 3 aromatic carbocycles. The maximum Gasteiger partial charge on any atom is 0.318 e. The molecule has 0 aliphatic carbocycles. The number of benzene rings is 3. The highest BCUT2D eigenvalue weighted by molar-refractivity contribution is 5.76. The van der Waals surface area contributed by atoms with Crippen LogP contribution in [0.5, 0.6) is 23.0 Å². The molecule has 4 aromatic rings. The van der Waals surface area contributed by atoms with E-state index in [1.165, 1.54) is 19.8 Å². The number of fused-ring (bicyclic) bond motifs is 1. The van der Waals surface area contributed by atoms with Crippen molar-refractivity contribution in [1.82, 2.24) is 15.2 Å². The van der Waals surface area contributed by atoms with Gasteiger partial charge in [-0.1, -0.05) is 29.8 Å². The molecule has 1 aliphatic rings. The van der Waals surface area contributed by atoms with Crippen molar-refractivity contribution in [2.45, 2.75) is 39.3 Å². The van der Waals surface area contributed by atoms with Crippen LogP contribution in [0.1, 0.15) is 45.1 Å². The van der Waals surface area contributed by atoms with Crippen molar-refractivity contribution in [3.63, 3.8) is 0 Å². The first-order valence-corrected chi connectivity index (χ1v) is 13.6. The van der Waals surface area contributed by atoms with E-state index in [0.717, 1.165) is 33.4 Å². The van der Waals surface area contributed by atoms with E-state index in [4.69, 9.17) is 18.6 Å². The Bertz CT molecular complexity index is 1520. The van der Waals surface area contributed by atoms with Crippen LogP contribution in [0.15, 0.2) is 65.6 Å². The van der Waals surface area contributed by atoms with Crippen LogP contribution in [0.4, 0.5) is 4.79 Å². The van der Waals surface area contributed by atoms with Gasteiger partial charge < -0.3 is 34.0 Å². The van der Waals surface area contributed by atoms with Gasteiger partial charge >= 0.3 is 6.03 Å². The zero-order valence-corrected chi connectivity index (χ0v) is 23.8. The van der Waals surface area contributed by atoms with Gasteiger partial charge in [0.05, 0.1) is 39.1 Å². The van der Waals surface area contributed by atoms with E-state index in [9.17, 15) is 9.90 Å². The Labute approximate surface area is 239 Å². The van der Waals surface area contributed by atoms with E-state index in [-0.39, 0.29) is 24.4 Å². The quantitative estimate of drug-likeness (QED) is 0.280. The van der Waals surface area contributed by atoms with Gasteiger partial charge in [0.1, 0.15) is 6.26 Å². The molecule has 0 saturated heterocycles. The number of urea groups is 1. The number of oxazole rings is 1. The number of rotatable bonds is 9. The second-order valence-electron chi connectivity index (χ2n) is 10.2. The zero-order valence-electron chi connectivity index (χ0n) is 23.8. The molecule has 0 spiro atoms. The third-order valence-corrected chi connectivity index (χ3v) is 7.43. The van der Waals surface area contributed by atoms with Gasteiger partial charge in [-0.05, 0) is 72.4 Å². The van der Waals surface area contributed by atoms with Crippen molar-refractivity contribution >= 4 is 6.03 Å². The van der Waals surface area contributed by atoms with E-state index in [0.29, 0.717) is 48.9 Å². The number of carbonyl (C=O) groups is 1. The van der Waals surface area contributed by atoms with Crippen molar-refractivity contribution < 1.29 is 28.5 Å². The summed E-state index contributed by atoms with van der Waals surface area (Å²) in [6.45, 7) is 5.33. The minimum atomic E-state index is -0.316. The Hall–Kier alpha value is -4.66. The molecule has 9 nitrogen and oxygen atoms in total.